The summed E-state index contributed by atoms with van der Waals surface area (Å²) in [6.07, 6.45) is 10.5. The molecular weight excluding hydrogens is 338 g/mol. The van der Waals surface area contributed by atoms with Gasteiger partial charge in [0.15, 0.2) is 0 Å². The number of ether oxygens (including phenoxy) is 1. The minimum Gasteiger partial charge on any atom is -0.474 e. The topological polar surface area (TPSA) is 55.3 Å². The summed E-state index contributed by atoms with van der Waals surface area (Å²) in [4.78, 5) is 23.6. The normalized spacial score (nSPS) is 24.0. The highest BCUT2D eigenvalue weighted by atomic mass is 16.5. The van der Waals surface area contributed by atoms with Gasteiger partial charge >= 0.3 is 0 Å². The van der Waals surface area contributed by atoms with E-state index in [1.54, 1.807) is 0 Å². The average molecular weight is 374 g/mol. The lowest BCUT2D eigenvalue weighted by Gasteiger charge is -2.36. The Morgan fingerprint density at radius 1 is 1.11 bits per heavy atom. The number of aryl methyl sites for hydroxylation is 2. The van der Waals surface area contributed by atoms with Crippen molar-refractivity contribution < 1.29 is 9.53 Å². The van der Waals surface area contributed by atoms with Gasteiger partial charge in [-0.25, -0.2) is 4.98 Å². The van der Waals surface area contributed by atoms with E-state index in [1.165, 1.54) is 32.1 Å². The predicted molar refractivity (Wildman–Crippen MR) is 107 cm³/mol. The van der Waals surface area contributed by atoms with Crippen molar-refractivity contribution >= 4 is 5.91 Å². The van der Waals surface area contributed by atoms with Crippen LogP contribution in [0.4, 0.5) is 0 Å². The van der Waals surface area contributed by atoms with Crippen molar-refractivity contribution in [2.24, 2.45) is 11.8 Å². The van der Waals surface area contributed by atoms with Crippen LogP contribution in [0.3, 0.4) is 0 Å². The van der Waals surface area contributed by atoms with Crippen LogP contribution in [0.5, 0.6) is 5.88 Å². The van der Waals surface area contributed by atoms with Crippen LogP contribution in [-0.2, 0) is 4.79 Å². The molecule has 5 nitrogen and oxygen atoms in total. The van der Waals surface area contributed by atoms with E-state index in [-0.39, 0.29) is 12.0 Å². The van der Waals surface area contributed by atoms with E-state index in [0.717, 1.165) is 56.2 Å². The van der Waals surface area contributed by atoms with Crippen LogP contribution in [0.25, 0.3) is 0 Å². The third kappa shape index (κ3) is 5.66. The smallest absolute Gasteiger partial charge is 0.225 e. The Hall–Kier alpha value is -1.65. The quantitative estimate of drug-likeness (QED) is 0.739. The zero-order valence-electron chi connectivity index (χ0n) is 17.2. The highest BCUT2D eigenvalue weighted by molar-refractivity contribution is 5.79. The molecule has 150 valence electrons. The molecule has 1 amide bonds. The van der Waals surface area contributed by atoms with Crippen molar-refractivity contribution in [2.75, 3.05) is 13.1 Å². The second-order valence-electron chi connectivity index (χ2n) is 8.40. The highest BCUT2D eigenvalue weighted by Gasteiger charge is 2.31. The maximum atomic E-state index is 12.9. The first-order valence-electron chi connectivity index (χ1n) is 10.8. The Morgan fingerprint density at radius 2 is 1.81 bits per heavy atom. The van der Waals surface area contributed by atoms with Crippen molar-refractivity contribution in [3.8, 4) is 5.88 Å². The molecule has 0 atom stereocenters. The lowest BCUT2D eigenvalue weighted by molar-refractivity contribution is -0.138. The molecule has 1 aromatic heterocycles. The molecule has 2 heterocycles. The molecule has 1 saturated carbocycles. The van der Waals surface area contributed by atoms with Crippen molar-refractivity contribution in [3.05, 3.63) is 17.6 Å². The molecule has 2 aliphatic rings. The van der Waals surface area contributed by atoms with Crippen LogP contribution in [0.15, 0.2) is 6.07 Å². The molecule has 1 aliphatic carbocycles. The average Bonchev–Trinajstić information content (AvgIpc) is 2.66. The Bertz CT molecular complexity index is 598. The van der Waals surface area contributed by atoms with Crippen molar-refractivity contribution in [1.82, 2.24) is 14.9 Å². The van der Waals surface area contributed by atoms with E-state index in [2.05, 4.69) is 21.8 Å². The number of nitrogens with zero attached hydrogens (tertiary/aromatic N) is 3. The number of likely N-dealkylation sites (tertiary alicyclic amines) is 1. The summed E-state index contributed by atoms with van der Waals surface area (Å²) in [5.41, 5.74) is 0.930. The summed E-state index contributed by atoms with van der Waals surface area (Å²) in [6.45, 7) is 7.72. The van der Waals surface area contributed by atoms with Crippen molar-refractivity contribution in [3.63, 3.8) is 0 Å². The monoisotopic (exact) mass is 373 g/mol. The zero-order chi connectivity index (χ0) is 19.2. The number of unbranched alkanes of at least 4 members (excludes halogenated alkanes) is 1. The number of amides is 1. The minimum atomic E-state index is 0.146. The van der Waals surface area contributed by atoms with E-state index in [9.17, 15) is 4.79 Å². The van der Waals surface area contributed by atoms with Gasteiger partial charge in [-0.1, -0.05) is 26.2 Å². The lowest BCUT2D eigenvalue weighted by Crippen LogP contribution is -2.45. The van der Waals surface area contributed by atoms with Gasteiger partial charge in [-0.05, 0) is 45.4 Å². The van der Waals surface area contributed by atoms with Gasteiger partial charge in [0.25, 0.3) is 0 Å². The van der Waals surface area contributed by atoms with Crippen LogP contribution in [0.1, 0.15) is 76.2 Å². The van der Waals surface area contributed by atoms with Gasteiger partial charge in [-0.3, -0.25) is 4.79 Å². The van der Waals surface area contributed by atoms with Crippen molar-refractivity contribution in [1.29, 1.82) is 0 Å². The van der Waals surface area contributed by atoms with Gasteiger partial charge < -0.3 is 9.64 Å². The van der Waals surface area contributed by atoms with Crippen LogP contribution in [0.2, 0.25) is 0 Å². The molecule has 3 rings (SSSR count). The molecule has 27 heavy (non-hydrogen) atoms. The number of carbonyl (C=O) groups is 1. The highest BCUT2D eigenvalue weighted by Crippen LogP contribution is 2.33. The first-order valence-corrected chi connectivity index (χ1v) is 10.8. The molecule has 1 aromatic rings. The van der Waals surface area contributed by atoms with Crippen LogP contribution in [0, 0.1) is 25.7 Å². The number of hydrogen-bond donors (Lipinski definition) is 0. The SMILES string of the molecule is CCCCC1CCC(C(=O)N2CCC(Oc3cc(C)nc(C)n3)CC2)CC1. The molecule has 1 saturated heterocycles. The molecule has 0 spiro atoms. The van der Waals surface area contributed by atoms with E-state index >= 15 is 0 Å². The fraction of sp³-hybridized carbons (Fsp3) is 0.773. The molecule has 0 aromatic carbocycles. The van der Waals surface area contributed by atoms with Crippen LogP contribution < -0.4 is 4.74 Å². The fourth-order valence-electron chi connectivity index (χ4n) is 4.56. The first kappa shape index (κ1) is 20.1. The number of rotatable bonds is 6. The molecule has 5 heteroatoms. The summed E-state index contributed by atoms with van der Waals surface area (Å²) in [7, 11) is 0. The summed E-state index contributed by atoms with van der Waals surface area (Å²) in [5, 5.41) is 0. The molecule has 1 aliphatic heterocycles. The Balaban J connectivity index is 1.43. The van der Waals surface area contributed by atoms with E-state index < -0.39 is 0 Å². The first-order chi connectivity index (χ1) is 13.0. The Labute approximate surface area is 163 Å². The maximum absolute atomic E-state index is 12.9. The molecule has 2 fully saturated rings. The zero-order valence-corrected chi connectivity index (χ0v) is 17.2. The third-order valence-electron chi connectivity index (χ3n) is 6.15. The summed E-state index contributed by atoms with van der Waals surface area (Å²) in [6, 6.07) is 1.89. The van der Waals surface area contributed by atoms with Gasteiger partial charge in [0.1, 0.15) is 11.9 Å². The fourth-order valence-corrected chi connectivity index (χ4v) is 4.56. The minimum absolute atomic E-state index is 0.146. The predicted octanol–water partition coefficient (Wildman–Crippen LogP) is 4.46. The second kappa shape index (κ2) is 9.52. The van der Waals surface area contributed by atoms with Gasteiger partial charge in [-0.15, -0.1) is 0 Å². The number of hydrogen-bond acceptors (Lipinski definition) is 4. The molecular formula is C22H35N3O2. The molecule has 0 radical (unpaired) electrons. The van der Waals surface area contributed by atoms with Crippen LogP contribution >= 0.6 is 0 Å². The van der Waals surface area contributed by atoms with E-state index in [4.69, 9.17) is 4.74 Å². The summed E-state index contributed by atoms with van der Waals surface area (Å²) >= 11 is 0. The number of aromatic nitrogens is 2. The van der Waals surface area contributed by atoms with E-state index in [1.807, 2.05) is 19.9 Å². The van der Waals surface area contributed by atoms with E-state index in [0.29, 0.717) is 11.8 Å². The second-order valence-corrected chi connectivity index (χ2v) is 8.40. The standard InChI is InChI=1S/C22H35N3O2/c1-4-5-6-18-7-9-19(10-8-18)22(26)25-13-11-20(12-14-25)27-21-15-16(2)23-17(3)24-21/h15,18-20H,4-14H2,1-3H3. The number of piperidine rings is 1. The van der Waals surface area contributed by atoms with Gasteiger partial charge in [-0.2, -0.15) is 4.98 Å². The number of carbonyl (C=O) groups excluding carboxylic acids is 1. The van der Waals surface area contributed by atoms with Gasteiger partial charge in [0.05, 0.1) is 0 Å². The Morgan fingerprint density at radius 3 is 2.44 bits per heavy atom. The third-order valence-corrected chi connectivity index (χ3v) is 6.15. The molecule has 0 N–H and O–H groups in total. The molecule has 0 unspecified atom stereocenters. The largest absolute Gasteiger partial charge is 0.474 e. The molecule has 0 bridgehead atoms. The maximum Gasteiger partial charge on any atom is 0.225 e. The van der Waals surface area contributed by atoms with Gasteiger partial charge in [0.2, 0.25) is 11.8 Å². The lowest BCUT2D eigenvalue weighted by atomic mass is 9.79. The summed E-state index contributed by atoms with van der Waals surface area (Å²) < 4.78 is 6.05. The Kier molecular flexibility index (Phi) is 7.08. The van der Waals surface area contributed by atoms with Gasteiger partial charge in [0, 0.05) is 43.6 Å². The van der Waals surface area contributed by atoms with Crippen LogP contribution in [-0.4, -0.2) is 40.0 Å². The summed E-state index contributed by atoms with van der Waals surface area (Å²) in [5.74, 6) is 2.90. The van der Waals surface area contributed by atoms with Crippen molar-refractivity contribution in [2.45, 2.75) is 84.7 Å².